The van der Waals surface area contributed by atoms with Crippen LogP contribution in [0.5, 0.6) is 0 Å². The van der Waals surface area contributed by atoms with Crippen LogP contribution in [0.4, 0.5) is 5.69 Å². The Labute approximate surface area is 149 Å². The number of thiophene rings is 1. The van der Waals surface area contributed by atoms with Gasteiger partial charge in [-0.2, -0.15) is 0 Å². The number of aryl methyl sites for hydroxylation is 1. The molecule has 23 heavy (non-hydrogen) atoms. The van der Waals surface area contributed by atoms with Gasteiger partial charge in [-0.3, -0.25) is 10.1 Å². The molecule has 0 bridgehead atoms. The van der Waals surface area contributed by atoms with E-state index in [1.807, 2.05) is 6.08 Å². The number of nitrogens with zero attached hydrogens (tertiary/aromatic N) is 1. The van der Waals surface area contributed by atoms with Crippen molar-refractivity contribution >= 4 is 45.1 Å². The summed E-state index contributed by atoms with van der Waals surface area (Å²) in [5, 5.41) is 10.7. The molecule has 0 N–H and O–H groups in total. The van der Waals surface area contributed by atoms with Gasteiger partial charge < -0.3 is 0 Å². The fourth-order valence-electron chi connectivity index (χ4n) is 2.37. The minimum Gasteiger partial charge on any atom is -0.258 e. The van der Waals surface area contributed by atoms with Crippen LogP contribution < -0.4 is 0 Å². The Hall–Kier alpha value is -1.46. The second kappa shape index (κ2) is 8.99. The van der Waals surface area contributed by atoms with Crippen molar-refractivity contribution in [1.29, 1.82) is 0 Å². The van der Waals surface area contributed by atoms with Crippen LogP contribution in [-0.2, 0) is 6.42 Å². The molecule has 5 heteroatoms. The molecule has 0 aliphatic rings. The monoisotopic (exact) mass is 393 g/mol. The first-order chi connectivity index (χ1) is 11.1. The van der Waals surface area contributed by atoms with E-state index in [-0.39, 0.29) is 10.6 Å². The number of benzene rings is 1. The third-order valence-electron chi connectivity index (χ3n) is 3.64. The summed E-state index contributed by atoms with van der Waals surface area (Å²) in [7, 11) is 0. The Balaban J connectivity index is 2.05. The van der Waals surface area contributed by atoms with E-state index in [2.05, 4.69) is 35.0 Å². The maximum atomic E-state index is 10.7. The third kappa shape index (κ3) is 5.59. The lowest BCUT2D eigenvalue weighted by atomic mass is 10.1. The van der Waals surface area contributed by atoms with Crippen molar-refractivity contribution in [2.24, 2.45) is 0 Å². The number of non-ortho nitro benzene ring substituents is 1. The Morgan fingerprint density at radius 1 is 1.17 bits per heavy atom. The number of hydrogen-bond acceptors (Lipinski definition) is 3. The summed E-state index contributed by atoms with van der Waals surface area (Å²) in [5.74, 6) is 0. The summed E-state index contributed by atoms with van der Waals surface area (Å²) in [6, 6.07) is 8.83. The van der Waals surface area contributed by atoms with Crippen LogP contribution in [0.25, 0.3) is 12.2 Å². The molecule has 0 amide bonds. The van der Waals surface area contributed by atoms with Gasteiger partial charge in [-0.15, -0.1) is 11.3 Å². The molecule has 0 saturated carbocycles. The summed E-state index contributed by atoms with van der Waals surface area (Å²) in [6.45, 7) is 2.22. The Morgan fingerprint density at radius 2 is 1.91 bits per heavy atom. The number of hydrogen-bond donors (Lipinski definition) is 0. The zero-order valence-electron chi connectivity index (χ0n) is 13.1. The van der Waals surface area contributed by atoms with E-state index < -0.39 is 0 Å². The van der Waals surface area contributed by atoms with Crippen molar-refractivity contribution < 1.29 is 4.92 Å². The van der Waals surface area contributed by atoms with Crippen LogP contribution >= 0.6 is 27.3 Å². The highest BCUT2D eigenvalue weighted by molar-refractivity contribution is 9.11. The first-order valence-corrected chi connectivity index (χ1v) is 9.42. The molecule has 3 nitrogen and oxygen atoms in total. The fraction of sp³-hybridized carbons (Fsp3) is 0.333. The zero-order chi connectivity index (χ0) is 16.7. The van der Waals surface area contributed by atoms with Gasteiger partial charge in [-0.1, -0.05) is 32.3 Å². The smallest absolute Gasteiger partial charge is 0.258 e. The molecule has 122 valence electrons. The predicted octanol–water partition coefficient (Wildman–Crippen LogP) is 6.71. The van der Waals surface area contributed by atoms with Gasteiger partial charge in [0.25, 0.3) is 5.69 Å². The molecular weight excluding hydrogens is 374 g/mol. The molecule has 1 heterocycles. The van der Waals surface area contributed by atoms with Crippen LogP contribution in [0.1, 0.15) is 48.6 Å². The lowest BCUT2D eigenvalue weighted by Gasteiger charge is -2.00. The van der Waals surface area contributed by atoms with Crippen LogP contribution in [-0.4, -0.2) is 4.92 Å². The molecule has 1 aromatic heterocycles. The van der Waals surface area contributed by atoms with Gasteiger partial charge in [-0.25, -0.2) is 0 Å². The van der Waals surface area contributed by atoms with Crippen molar-refractivity contribution in [1.82, 2.24) is 0 Å². The maximum absolute atomic E-state index is 10.7. The topological polar surface area (TPSA) is 43.1 Å². The largest absolute Gasteiger partial charge is 0.269 e. The van der Waals surface area contributed by atoms with Gasteiger partial charge in [0.05, 0.1) is 8.71 Å². The van der Waals surface area contributed by atoms with Crippen LogP contribution in [0.3, 0.4) is 0 Å². The normalized spacial score (nSPS) is 11.2. The van der Waals surface area contributed by atoms with E-state index in [0.717, 1.165) is 15.8 Å². The first-order valence-electron chi connectivity index (χ1n) is 7.81. The highest BCUT2D eigenvalue weighted by Gasteiger charge is 2.06. The highest BCUT2D eigenvalue weighted by atomic mass is 79.9. The number of unbranched alkanes of at least 4 members (excludes halogenated alkanes) is 3. The standard InChI is InChI=1S/C18H20BrNO2S/c1-2-3-4-5-6-15-13-18(19)23-17(15)12-9-14-7-10-16(11-8-14)20(21)22/h7-13H,2-6H2,1H3/b12-9+. The van der Waals surface area contributed by atoms with E-state index in [1.54, 1.807) is 23.5 Å². The summed E-state index contributed by atoms with van der Waals surface area (Å²) in [4.78, 5) is 11.5. The van der Waals surface area contributed by atoms with Crippen LogP contribution in [0.15, 0.2) is 34.1 Å². The highest BCUT2D eigenvalue weighted by Crippen LogP contribution is 2.30. The summed E-state index contributed by atoms with van der Waals surface area (Å²) in [6.07, 6.45) is 10.2. The quantitative estimate of drug-likeness (QED) is 0.284. The van der Waals surface area contributed by atoms with Gasteiger partial charge in [0.15, 0.2) is 0 Å². The lowest BCUT2D eigenvalue weighted by Crippen LogP contribution is -1.87. The Morgan fingerprint density at radius 3 is 2.57 bits per heavy atom. The molecule has 0 radical (unpaired) electrons. The predicted molar refractivity (Wildman–Crippen MR) is 102 cm³/mol. The van der Waals surface area contributed by atoms with Crippen molar-refractivity contribution in [3.05, 3.63) is 60.2 Å². The molecule has 0 aliphatic carbocycles. The van der Waals surface area contributed by atoms with Crippen LogP contribution in [0.2, 0.25) is 0 Å². The number of halogens is 1. The fourth-order valence-corrected chi connectivity index (χ4v) is 4.00. The van der Waals surface area contributed by atoms with Crippen molar-refractivity contribution in [2.75, 3.05) is 0 Å². The molecule has 1 aromatic carbocycles. The SMILES string of the molecule is CCCCCCc1cc(Br)sc1/C=C/c1ccc([N+](=O)[O-])cc1. The zero-order valence-corrected chi connectivity index (χ0v) is 15.5. The molecule has 0 spiro atoms. The minimum atomic E-state index is -0.377. The lowest BCUT2D eigenvalue weighted by molar-refractivity contribution is -0.384. The van der Waals surface area contributed by atoms with E-state index in [4.69, 9.17) is 0 Å². The molecular formula is C18H20BrNO2S. The van der Waals surface area contributed by atoms with Gasteiger partial charge in [-0.05, 0) is 64.2 Å². The summed E-state index contributed by atoms with van der Waals surface area (Å²) >= 11 is 5.29. The van der Waals surface area contributed by atoms with Gasteiger partial charge >= 0.3 is 0 Å². The van der Waals surface area contributed by atoms with E-state index in [1.165, 1.54) is 48.3 Å². The van der Waals surface area contributed by atoms with Crippen LogP contribution in [0, 0.1) is 10.1 Å². The van der Waals surface area contributed by atoms with E-state index >= 15 is 0 Å². The molecule has 0 unspecified atom stereocenters. The second-order valence-corrected chi connectivity index (χ2v) is 7.90. The second-order valence-electron chi connectivity index (χ2n) is 5.43. The molecule has 0 fully saturated rings. The molecule has 0 aliphatic heterocycles. The van der Waals surface area contributed by atoms with E-state index in [0.29, 0.717) is 0 Å². The Kier molecular flexibility index (Phi) is 6.99. The molecule has 0 saturated heterocycles. The summed E-state index contributed by atoms with van der Waals surface area (Å²) in [5.41, 5.74) is 2.46. The molecule has 2 rings (SSSR count). The van der Waals surface area contributed by atoms with Gasteiger partial charge in [0.2, 0.25) is 0 Å². The number of nitro groups is 1. The van der Waals surface area contributed by atoms with Crippen molar-refractivity contribution in [2.45, 2.75) is 39.0 Å². The van der Waals surface area contributed by atoms with Gasteiger partial charge in [0, 0.05) is 17.0 Å². The minimum absolute atomic E-state index is 0.123. The number of rotatable bonds is 8. The third-order valence-corrected chi connectivity index (χ3v) is 5.29. The molecule has 0 atom stereocenters. The summed E-state index contributed by atoms with van der Waals surface area (Å²) < 4.78 is 1.14. The average molecular weight is 394 g/mol. The number of nitro benzene ring substituents is 1. The molecule has 2 aromatic rings. The average Bonchev–Trinajstić information content (AvgIpc) is 2.90. The Bertz CT molecular complexity index is 677. The van der Waals surface area contributed by atoms with Crippen molar-refractivity contribution in [3.8, 4) is 0 Å². The maximum Gasteiger partial charge on any atom is 0.269 e. The van der Waals surface area contributed by atoms with Crippen molar-refractivity contribution in [3.63, 3.8) is 0 Å². The van der Waals surface area contributed by atoms with Gasteiger partial charge in [0.1, 0.15) is 0 Å². The first kappa shape index (κ1) is 17.9. The van der Waals surface area contributed by atoms with E-state index in [9.17, 15) is 10.1 Å².